The molecular weight excluding hydrogens is 384 g/mol. The van der Waals surface area contributed by atoms with Crippen LogP contribution in [0.1, 0.15) is 37.3 Å². The van der Waals surface area contributed by atoms with E-state index in [1.54, 1.807) is 6.92 Å². The van der Waals surface area contributed by atoms with Gasteiger partial charge in [0.15, 0.2) is 0 Å². The molecule has 0 aliphatic rings. The first-order chi connectivity index (χ1) is 14.0. The smallest absolute Gasteiger partial charge is 0.248 e. The van der Waals surface area contributed by atoms with E-state index in [-0.39, 0.29) is 17.7 Å². The van der Waals surface area contributed by atoms with Crippen molar-refractivity contribution in [3.05, 3.63) is 65.7 Å². The summed E-state index contributed by atoms with van der Waals surface area (Å²) in [6.45, 7) is 5.63. The van der Waals surface area contributed by atoms with Crippen LogP contribution in [-0.4, -0.2) is 28.1 Å². The minimum absolute atomic E-state index is 0.168. The fraction of sp³-hybridized carbons (Fsp3) is 0.273. The fourth-order valence-corrected chi connectivity index (χ4v) is 3.76. The van der Waals surface area contributed by atoms with E-state index in [0.29, 0.717) is 11.6 Å². The molecule has 29 heavy (non-hydrogen) atoms. The fourth-order valence-electron chi connectivity index (χ4n) is 3.02. The van der Waals surface area contributed by atoms with Gasteiger partial charge < -0.3 is 5.32 Å². The van der Waals surface area contributed by atoms with Crippen molar-refractivity contribution in [3.8, 4) is 10.6 Å². The van der Waals surface area contributed by atoms with Crippen LogP contribution in [0.15, 0.2) is 54.6 Å². The summed E-state index contributed by atoms with van der Waals surface area (Å²) >= 11 is 1.30. The van der Waals surface area contributed by atoms with Gasteiger partial charge >= 0.3 is 0 Å². The van der Waals surface area contributed by atoms with Crippen molar-refractivity contribution in [2.24, 2.45) is 0 Å². The van der Waals surface area contributed by atoms with E-state index in [1.165, 1.54) is 11.3 Å². The SMILES string of the molecule is CC[C@@H](C(=O)N[C@H](C)C(=O)Nc1nnc(-c2cccc(C)c2)s1)c1ccccc1. The van der Waals surface area contributed by atoms with Crippen LogP contribution in [0.5, 0.6) is 0 Å². The number of carbonyl (C=O) groups is 2. The zero-order valence-corrected chi connectivity index (χ0v) is 17.5. The van der Waals surface area contributed by atoms with Crippen molar-refractivity contribution in [2.75, 3.05) is 5.32 Å². The highest BCUT2D eigenvalue weighted by Crippen LogP contribution is 2.27. The summed E-state index contributed by atoms with van der Waals surface area (Å²) in [6, 6.07) is 16.8. The maximum Gasteiger partial charge on any atom is 0.248 e. The van der Waals surface area contributed by atoms with Crippen LogP contribution in [0.3, 0.4) is 0 Å². The zero-order valence-electron chi connectivity index (χ0n) is 16.7. The standard InChI is InChI=1S/C22H24N4O2S/c1-4-18(16-10-6-5-7-11-16)20(28)23-15(3)19(27)24-22-26-25-21(29-22)17-12-8-9-14(2)13-17/h5-13,15,18H,4H2,1-3H3,(H,23,28)(H,24,26,27)/t15-,18-/m1/s1. The van der Waals surface area contributed by atoms with Crippen LogP contribution in [0, 0.1) is 6.92 Å². The largest absolute Gasteiger partial charge is 0.344 e. The number of nitrogens with one attached hydrogen (secondary N) is 2. The second kappa shape index (κ2) is 9.43. The molecule has 6 nitrogen and oxygen atoms in total. The monoisotopic (exact) mass is 408 g/mol. The summed E-state index contributed by atoms with van der Waals surface area (Å²) in [5.74, 6) is -0.784. The number of hydrogen-bond acceptors (Lipinski definition) is 5. The minimum Gasteiger partial charge on any atom is -0.344 e. The van der Waals surface area contributed by atoms with Crippen molar-refractivity contribution >= 4 is 28.3 Å². The molecular formula is C22H24N4O2S. The van der Waals surface area contributed by atoms with Gasteiger partial charge in [-0.3, -0.25) is 14.9 Å². The highest BCUT2D eigenvalue weighted by Gasteiger charge is 2.23. The van der Waals surface area contributed by atoms with Crippen molar-refractivity contribution in [3.63, 3.8) is 0 Å². The summed E-state index contributed by atoms with van der Waals surface area (Å²) < 4.78 is 0. The molecule has 0 saturated carbocycles. The van der Waals surface area contributed by atoms with Gasteiger partial charge in [-0.15, -0.1) is 10.2 Å². The second-order valence-electron chi connectivity index (χ2n) is 6.87. The first kappa shape index (κ1) is 20.7. The third-order valence-electron chi connectivity index (χ3n) is 4.60. The molecule has 7 heteroatoms. The Morgan fingerprint density at radius 1 is 1.03 bits per heavy atom. The minimum atomic E-state index is -0.688. The lowest BCUT2D eigenvalue weighted by atomic mass is 9.95. The van der Waals surface area contributed by atoms with E-state index in [9.17, 15) is 9.59 Å². The summed E-state index contributed by atoms with van der Waals surface area (Å²) in [5.41, 5.74) is 3.02. The van der Waals surface area contributed by atoms with Crippen LogP contribution in [-0.2, 0) is 9.59 Å². The first-order valence-electron chi connectivity index (χ1n) is 9.54. The molecule has 1 heterocycles. The molecule has 0 unspecified atom stereocenters. The topological polar surface area (TPSA) is 84.0 Å². The van der Waals surface area contributed by atoms with E-state index >= 15 is 0 Å². The summed E-state index contributed by atoms with van der Waals surface area (Å²) in [5, 5.41) is 14.9. The van der Waals surface area contributed by atoms with Crippen LogP contribution >= 0.6 is 11.3 Å². The Hall–Kier alpha value is -3.06. The molecule has 0 saturated heterocycles. The Morgan fingerprint density at radius 2 is 1.79 bits per heavy atom. The molecule has 3 rings (SSSR count). The lowest BCUT2D eigenvalue weighted by Gasteiger charge is -2.19. The molecule has 0 radical (unpaired) electrons. The van der Waals surface area contributed by atoms with Crippen LogP contribution in [0.2, 0.25) is 0 Å². The van der Waals surface area contributed by atoms with Crippen molar-refractivity contribution in [1.82, 2.24) is 15.5 Å². The van der Waals surface area contributed by atoms with Gasteiger partial charge in [0, 0.05) is 5.56 Å². The molecule has 0 fully saturated rings. The Morgan fingerprint density at radius 3 is 2.48 bits per heavy atom. The molecule has 0 bridgehead atoms. The van der Waals surface area contributed by atoms with Crippen molar-refractivity contribution < 1.29 is 9.59 Å². The van der Waals surface area contributed by atoms with Gasteiger partial charge in [0.2, 0.25) is 16.9 Å². The predicted molar refractivity (Wildman–Crippen MR) is 116 cm³/mol. The van der Waals surface area contributed by atoms with Crippen LogP contribution in [0.25, 0.3) is 10.6 Å². The molecule has 2 amide bonds. The number of aryl methyl sites for hydroxylation is 1. The van der Waals surface area contributed by atoms with Gasteiger partial charge in [-0.2, -0.15) is 0 Å². The number of amides is 2. The average Bonchev–Trinajstić information content (AvgIpc) is 3.18. The molecule has 3 aromatic rings. The Kier molecular flexibility index (Phi) is 6.72. The van der Waals surface area contributed by atoms with Gasteiger partial charge in [0.05, 0.1) is 5.92 Å². The number of nitrogens with zero attached hydrogens (tertiary/aromatic N) is 2. The molecule has 1 aromatic heterocycles. The Bertz CT molecular complexity index is 987. The third-order valence-corrected chi connectivity index (χ3v) is 5.49. The summed E-state index contributed by atoms with van der Waals surface area (Å²) in [6.07, 6.45) is 0.653. The maximum absolute atomic E-state index is 12.6. The number of hydrogen-bond donors (Lipinski definition) is 2. The van der Waals surface area contributed by atoms with Crippen molar-refractivity contribution in [1.29, 1.82) is 0 Å². The quantitative estimate of drug-likeness (QED) is 0.615. The Balaban J connectivity index is 1.61. The highest BCUT2D eigenvalue weighted by molar-refractivity contribution is 7.18. The second-order valence-corrected chi connectivity index (χ2v) is 7.85. The van der Waals surface area contributed by atoms with E-state index in [0.717, 1.165) is 21.7 Å². The van der Waals surface area contributed by atoms with Crippen LogP contribution in [0.4, 0.5) is 5.13 Å². The number of rotatable bonds is 7. The molecule has 2 N–H and O–H groups in total. The number of benzene rings is 2. The van der Waals surface area contributed by atoms with Gasteiger partial charge in [0.25, 0.3) is 0 Å². The highest BCUT2D eigenvalue weighted by atomic mass is 32.1. The van der Waals surface area contributed by atoms with Crippen molar-refractivity contribution in [2.45, 2.75) is 39.2 Å². The predicted octanol–water partition coefficient (Wildman–Crippen LogP) is 4.15. The normalized spacial score (nSPS) is 12.8. The first-order valence-corrected chi connectivity index (χ1v) is 10.4. The van der Waals surface area contributed by atoms with E-state index in [4.69, 9.17) is 0 Å². The lowest BCUT2D eigenvalue weighted by molar-refractivity contribution is -0.127. The molecule has 2 aromatic carbocycles. The summed E-state index contributed by atoms with van der Waals surface area (Å²) in [4.78, 5) is 25.2. The van der Waals surface area contributed by atoms with E-state index in [1.807, 2.05) is 68.4 Å². The molecule has 2 atom stereocenters. The van der Waals surface area contributed by atoms with Gasteiger partial charge in [-0.25, -0.2) is 0 Å². The van der Waals surface area contributed by atoms with Gasteiger partial charge in [0.1, 0.15) is 11.0 Å². The average molecular weight is 409 g/mol. The van der Waals surface area contributed by atoms with E-state index < -0.39 is 6.04 Å². The van der Waals surface area contributed by atoms with Gasteiger partial charge in [-0.1, -0.05) is 72.4 Å². The number of aromatic nitrogens is 2. The van der Waals surface area contributed by atoms with Crippen LogP contribution < -0.4 is 10.6 Å². The summed E-state index contributed by atoms with van der Waals surface area (Å²) in [7, 11) is 0. The lowest BCUT2D eigenvalue weighted by Crippen LogP contribution is -2.43. The van der Waals surface area contributed by atoms with Gasteiger partial charge in [-0.05, 0) is 31.9 Å². The number of carbonyl (C=O) groups excluding carboxylic acids is 2. The molecule has 0 aliphatic carbocycles. The Labute approximate surface area is 174 Å². The maximum atomic E-state index is 12.6. The molecule has 0 spiro atoms. The molecule has 0 aliphatic heterocycles. The van der Waals surface area contributed by atoms with E-state index in [2.05, 4.69) is 20.8 Å². The third kappa shape index (κ3) is 5.26. The molecule has 150 valence electrons. The zero-order chi connectivity index (χ0) is 20.8. The number of anilines is 1.